The SMILES string of the molecule is CCC(C)Nc1nc(NC)nc(OC(C)C)n1. The fourth-order valence-electron chi connectivity index (χ4n) is 1.12. The summed E-state index contributed by atoms with van der Waals surface area (Å²) in [7, 11) is 1.77. The maximum absolute atomic E-state index is 5.47. The smallest absolute Gasteiger partial charge is 0.323 e. The first-order valence-electron chi connectivity index (χ1n) is 5.92. The molecule has 6 heteroatoms. The Hall–Kier alpha value is -1.59. The number of ether oxygens (including phenoxy) is 1. The predicted octanol–water partition coefficient (Wildman–Crippen LogP) is 1.91. The van der Waals surface area contributed by atoms with Gasteiger partial charge in [-0.3, -0.25) is 0 Å². The number of nitrogens with zero attached hydrogens (tertiary/aromatic N) is 3. The topological polar surface area (TPSA) is 72.0 Å². The highest BCUT2D eigenvalue weighted by molar-refractivity contribution is 5.35. The number of anilines is 2. The van der Waals surface area contributed by atoms with Crippen molar-refractivity contribution in [1.29, 1.82) is 0 Å². The quantitative estimate of drug-likeness (QED) is 0.790. The number of rotatable bonds is 6. The third-order valence-electron chi connectivity index (χ3n) is 2.17. The van der Waals surface area contributed by atoms with Crippen molar-refractivity contribution in [2.75, 3.05) is 17.7 Å². The van der Waals surface area contributed by atoms with Gasteiger partial charge in [-0.2, -0.15) is 15.0 Å². The van der Waals surface area contributed by atoms with E-state index < -0.39 is 0 Å². The van der Waals surface area contributed by atoms with Crippen molar-refractivity contribution >= 4 is 11.9 Å². The summed E-state index contributed by atoms with van der Waals surface area (Å²) in [6.07, 6.45) is 1.04. The molecule has 0 aliphatic heterocycles. The average Bonchev–Trinajstić information content (AvgIpc) is 2.27. The van der Waals surface area contributed by atoms with Gasteiger partial charge in [0.1, 0.15) is 0 Å². The summed E-state index contributed by atoms with van der Waals surface area (Å²) in [6.45, 7) is 8.05. The Morgan fingerprint density at radius 2 is 1.76 bits per heavy atom. The van der Waals surface area contributed by atoms with Crippen LogP contribution in [0.25, 0.3) is 0 Å². The molecular weight excluding hydrogens is 218 g/mol. The van der Waals surface area contributed by atoms with Crippen molar-refractivity contribution < 1.29 is 4.74 Å². The molecule has 1 heterocycles. The van der Waals surface area contributed by atoms with E-state index in [9.17, 15) is 0 Å². The van der Waals surface area contributed by atoms with Crippen molar-refractivity contribution in [3.8, 4) is 6.01 Å². The van der Waals surface area contributed by atoms with Crippen LogP contribution in [0.3, 0.4) is 0 Å². The Bertz CT molecular complexity index is 356. The van der Waals surface area contributed by atoms with Crippen molar-refractivity contribution in [2.45, 2.75) is 46.3 Å². The van der Waals surface area contributed by atoms with Crippen LogP contribution in [0.4, 0.5) is 11.9 Å². The predicted molar refractivity (Wildman–Crippen MR) is 68.5 cm³/mol. The fraction of sp³-hybridized carbons (Fsp3) is 0.727. The van der Waals surface area contributed by atoms with Gasteiger partial charge in [0.25, 0.3) is 0 Å². The Morgan fingerprint density at radius 1 is 1.12 bits per heavy atom. The zero-order chi connectivity index (χ0) is 12.8. The lowest BCUT2D eigenvalue weighted by Crippen LogP contribution is -2.18. The molecule has 0 amide bonds. The molecule has 6 nitrogen and oxygen atoms in total. The zero-order valence-corrected chi connectivity index (χ0v) is 11.1. The van der Waals surface area contributed by atoms with Gasteiger partial charge >= 0.3 is 6.01 Å². The van der Waals surface area contributed by atoms with Crippen LogP contribution in [-0.2, 0) is 0 Å². The van der Waals surface area contributed by atoms with Gasteiger partial charge in [0.15, 0.2) is 0 Å². The van der Waals surface area contributed by atoms with E-state index in [0.29, 0.717) is 23.9 Å². The van der Waals surface area contributed by atoms with E-state index in [4.69, 9.17) is 4.74 Å². The van der Waals surface area contributed by atoms with E-state index in [2.05, 4.69) is 39.4 Å². The maximum atomic E-state index is 5.47. The molecule has 0 saturated carbocycles. The Labute approximate surface area is 102 Å². The minimum absolute atomic E-state index is 0.0403. The molecule has 0 fully saturated rings. The number of hydrogen-bond donors (Lipinski definition) is 2. The Kier molecular flexibility index (Phi) is 4.93. The molecular formula is C11H21N5O. The highest BCUT2D eigenvalue weighted by Crippen LogP contribution is 2.13. The lowest BCUT2D eigenvalue weighted by Gasteiger charge is -2.14. The van der Waals surface area contributed by atoms with Gasteiger partial charge in [-0.15, -0.1) is 0 Å². The van der Waals surface area contributed by atoms with Crippen LogP contribution in [0.2, 0.25) is 0 Å². The van der Waals surface area contributed by atoms with Crippen LogP contribution >= 0.6 is 0 Å². The molecule has 1 atom stereocenters. The molecule has 1 unspecified atom stereocenters. The summed E-state index contributed by atoms with van der Waals surface area (Å²) in [5.74, 6) is 1.04. The third-order valence-corrected chi connectivity index (χ3v) is 2.17. The van der Waals surface area contributed by atoms with Crippen molar-refractivity contribution in [1.82, 2.24) is 15.0 Å². The molecule has 0 saturated heterocycles. The highest BCUT2D eigenvalue weighted by Gasteiger charge is 2.09. The van der Waals surface area contributed by atoms with Crippen LogP contribution in [0.15, 0.2) is 0 Å². The molecule has 17 heavy (non-hydrogen) atoms. The Morgan fingerprint density at radius 3 is 2.29 bits per heavy atom. The monoisotopic (exact) mass is 239 g/mol. The molecule has 1 aromatic rings. The number of hydrogen-bond acceptors (Lipinski definition) is 6. The van der Waals surface area contributed by atoms with Crippen LogP contribution in [0.5, 0.6) is 6.01 Å². The second-order valence-electron chi connectivity index (χ2n) is 4.14. The molecule has 2 N–H and O–H groups in total. The van der Waals surface area contributed by atoms with Crippen molar-refractivity contribution in [3.05, 3.63) is 0 Å². The summed E-state index contributed by atoms with van der Waals surface area (Å²) < 4.78 is 5.47. The first kappa shape index (κ1) is 13.5. The fourth-order valence-corrected chi connectivity index (χ4v) is 1.12. The van der Waals surface area contributed by atoms with E-state index in [-0.39, 0.29) is 6.10 Å². The number of nitrogens with one attached hydrogen (secondary N) is 2. The van der Waals surface area contributed by atoms with Crippen LogP contribution in [0, 0.1) is 0 Å². The molecule has 0 aliphatic rings. The highest BCUT2D eigenvalue weighted by atomic mass is 16.5. The normalized spacial score (nSPS) is 12.4. The van der Waals surface area contributed by atoms with E-state index in [1.54, 1.807) is 7.05 Å². The summed E-state index contributed by atoms with van der Waals surface area (Å²) in [4.78, 5) is 12.6. The summed E-state index contributed by atoms with van der Waals surface area (Å²) in [5.41, 5.74) is 0. The lowest BCUT2D eigenvalue weighted by molar-refractivity contribution is 0.222. The maximum Gasteiger partial charge on any atom is 0.323 e. The van der Waals surface area contributed by atoms with Crippen molar-refractivity contribution in [3.63, 3.8) is 0 Å². The average molecular weight is 239 g/mol. The third kappa shape index (κ3) is 4.42. The minimum Gasteiger partial charge on any atom is -0.461 e. The van der Waals surface area contributed by atoms with Crippen LogP contribution in [0.1, 0.15) is 34.1 Å². The van der Waals surface area contributed by atoms with E-state index in [0.717, 1.165) is 6.42 Å². The van der Waals surface area contributed by atoms with Crippen LogP contribution in [-0.4, -0.2) is 34.1 Å². The second kappa shape index (κ2) is 6.22. The van der Waals surface area contributed by atoms with Gasteiger partial charge < -0.3 is 15.4 Å². The van der Waals surface area contributed by atoms with E-state index in [1.807, 2.05) is 13.8 Å². The van der Waals surface area contributed by atoms with Crippen LogP contribution < -0.4 is 15.4 Å². The summed E-state index contributed by atoms with van der Waals surface area (Å²) in [6, 6.07) is 0.652. The standard InChI is InChI=1S/C11H21N5O/c1-6-8(4)13-10-14-9(12-5)15-11(16-10)17-7(2)3/h7-8H,6H2,1-5H3,(H2,12,13,14,15,16). The molecule has 0 spiro atoms. The minimum atomic E-state index is 0.0403. The zero-order valence-electron chi connectivity index (χ0n) is 11.1. The molecule has 0 bridgehead atoms. The second-order valence-corrected chi connectivity index (χ2v) is 4.14. The molecule has 0 aromatic carbocycles. The largest absolute Gasteiger partial charge is 0.461 e. The summed E-state index contributed by atoms with van der Waals surface area (Å²) >= 11 is 0. The van der Waals surface area contributed by atoms with Gasteiger partial charge in [0.2, 0.25) is 11.9 Å². The van der Waals surface area contributed by atoms with Gasteiger partial charge in [-0.25, -0.2) is 0 Å². The first-order valence-corrected chi connectivity index (χ1v) is 5.92. The Balaban J connectivity index is 2.88. The molecule has 1 rings (SSSR count). The van der Waals surface area contributed by atoms with Gasteiger partial charge in [-0.1, -0.05) is 6.92 Å². The van der Waals surface area contributed by atoms with Gasteiger partial charge in [0, 0.05) is 13.1 Å². The lowest BCUT2D eigenvalue weighted by atomic mass is 10.3. The van der Waals surface area contributed by atoms with Gasteiger partial charge in [-0.05, 0) is 27.2 Å². The van der Waals surface area contributed by atoms with E-state index in [1.165, 1.54) is 0 Å². The van der Waals surface area contributed by atoms with Crippen molar-refractivity contribution in [2.24, 2.45) is 0 Å². The molecule has 0 radical (unpaired) electrons. The number of aromatic nitrogens is 3. The summed E-state index contributed by atoms with van der Waals surface area (Å²) in [5, 5.41) is 6.09. The molecule has 0 aliphatic carbocycles. The molecule has 96 valence electrons. The first-order chi connectivity index (χ1) is 8.05. The van der Waals surface area contributed by atoms with E-state index >= 15 is 0 Å². The van der Waals surface area contributed by atoms with Gasteiger partial charge in [0.05, 0.1) is 6.10 Å². The molecule has 1 aromatic heterocycles.